The molecule has 1 aliphatic rings. The first-order chi connectivity index (χ1) is 14.1. The summed E-state index contributed by atoms with van der Waals surface area (Å²) < 4.78 is 33.8. The van der Waals surface area contributed by atoms with E-state index in [0.29, 0.717) is 11.1 Å². The quantitative estimate of drug-likeness (QED) is 0.457. The van der Waals surface area contributed by atoms with Gasteiger partial charge in [0.05, 0.1) is 17.2 Å². The van der Waals surface area contributed by atoms with Crippen LogP contribution in [0, 0.1) is 11.6 Å². The highest BCUT2D eigenvalue weighted by molar-refractivity contribution is 7.18. The Balaban J connectivity index is 1.48. The first kappa shape index (κ1) is 17.9. The van der Waals surface area contributed by atoms with Gasteiger partial charge in [0.15, 0.2) is 0 Å². The molecule has 0 fully saturated rings. The molecule has 5 nitrogen and oxygen atoms in total. The van der Waals surface area contributed by atoms with Crippen LogP contribution in [0.15, 0.2) is 51.0 Å². The number of aromatic nitrogens is 2. The average Bonchev–Trinajstić information content (AvgIpc) is 3.32. The fourth-order valence-electron chi connectivity index (χ4n) is 3.59. The Kier molecular flexibility index (Phi) is 4.35. The molecule has 0 radical (unpaired) electrons. The minimum atomic E-state index is -0.712. The van der Waals surface area contributed by atoms with Crippen LogP contribution in [0.4, 0.5) is 8.78 Å². The van der Waals surface area contributed by atoms with E-state index < -0.39 is 11.6 Å². The monoisotopic (exact) mass is 411 g/mol. The van der Waals surface area contributed by atoms with Crippen molar-refractivity contribution in [1.82, 2.24) is 9.66 Å². The van der Waals surface area contributed by atoms with Gasteiger partial charge in [-0.05, 0) is 55.5 Å². The molecule has 0 atom stereocenters. The largest absolute Gasteiger partial charge is 0.455 e. The van der Waals surface area contributed by atoms with Crippen LogP contribution < -0.4 is 5.56 Å². The molecule has 0 unspecified atom stereocenters. The smallest absolute Gasteiger partial charge is 0.282 e. The lowest BCUT2D eigenvalue weighted by molar-refractivity contribution is 0.555. The highest BCUT2D eigenvalue weighted by atomic mass is 32.1. The van der Waals surface area contributed by atoms with Gasteiger partial charge in [0.1, 0.15) is 34.3 Å². The number of rotatable bonds is 3. The molecule has 5 rings (SSSR count). The first-order valence-corrected chi connectivity index (χ1v) is 10.0. The number of furan rings is 1. The SMILES string of the molecule is O=c1c2c3c(sc2ncn1/N=C\c1ccc(-c2ccc(F)cc2F)o1)CCCC3. The molecule has 0 spiro atoms. The molecular weight excluding hydrogens is 396 g/mol. The number of halogens is 2. The standard InChI is InChI=1S/C21H15F2N3O2S/c22-12-5-7-14(16(23)9-12)17-8-6-13(28-17)10-25-26-11-24-20-19(21(26)27)15-3-1-2-4-18(15)29-20/h5-11H,1-4H2/b25-10-. The molecule has 0 N–H and O–H groups in total. The van der Waals surface area contributed by atoms with Crippen LogP contribution in [0.25, 0.3) is 21.5 Å². The van der Waals surface area contributed by atoms with Crippen molar-refractivity contribution in [2.45, 2.75) is 25.7 Å². The van der Waals surface area contributed by atoms with E-state index in [4.69, 9.17) is 4.42 Å². The predicted octanol–water partition coefficient (Wildman–Crippen LogP) is 4.76. The zero-order valence-electron chi connectivity index (χ0n) is 15.2. The van der Waals surface area contributed by atoms with Gasteiger partial charge in [-0.1, -0.05) is 0 Å². The Labute approximate surface area is 167 Å². The van der Waals surface area contributed by atoms with Crippen LogP contribution in [0.1, 0.15) is 29.0 Å². The molecule has 4 aromatic rings. The van der Waals surface area contributed by atoms with E-state index in [1.54, 1.807) is 23.5 Å². The normalized spacial score (nSPS) is 14.0. The van der Waals surface area contributed by atoms with E-state index in [0.717, 1.165) is 48.2 Å². The highest BCUT2D eigenvalue weighted by Gasteiger charge is 2.20. The summed E-state index contributed by atoms with van der Waals surface area (Å²) >= 11 is 1.58. The molecular formula is C21H15F2N3O2S. The number of hydrogen-bond acceptors (Lipinski definition) is 5. The molecule has 8 heteroatoms. The number of nitrogens with zero attached hydrogens (tertiary/aromatic N) is 3. The molecule has 3 aromatic heterocycles. The van der Waals surface area contributed by atoms with Crippen molar-refractivity contribution >= 4 is 27.8 Å². The van der Waals surface area contributed by atoms with Crippen LogP contribution >= 0.6 is 11.3 Å². The third-order valence-electron chi connectivity index (χ3n) is 4.99. The number of benzene rings is 1. The van der Waals surface area contributed by atoms with Gasteiger partial charge in [-0.2, -0.15) is 9.78 Å². The summed E-state index contributed by atoms with van der Waals surface area (Å²) in [6, 6.07) is 6.44. The minimum absolute atomic E-state index is 0.149. The molecule has 0 aliphatic heterocycles. The predicted molar refractivity (Wildman–Crippen MR) is 108 cm³/mol. The van der Waals surface area contributed by atoms with Gasteiger partial charge in [0.25, 0.3) is 5.56 Å². The van der Waals surface area contributed by atoms with Crippen LogP contribution in [-0.4, -0.2) is 15.9 Å². The Morgan fingerprint density at radius 3 is 2.90 bits per heavy atom. The van der Waals surface area contributed by atoms with E-state index in [9.17, 15) is 13.6 Å². The van der Waals surface area contributed by atoms with E-state index >= 15 is 0 Å². The lowest BCUT2D eigenvalue weighted by Gasteiger charge is -2.09. The van der Waals surface area contributed by atoms with Gasteiger partial charge in [0, 0.05) is 10.9 Å². The van der Waals surface area contributed by atoms with Gasteiger partial charge >= 0.3 is 0 Å². The maximum Gasteiger partial charge on any atom is 0.282 e. The van der Waals surface area contributed by atoms with Crippen LogP contribution in [-0.2, 0) is 12.8 Å². The average molecular weight is 411 g/mol. The highest BCUT2D eigenvalue weighted by Crippen LogP contribution is 2.33. The number of fused-ring (bicyclic) bond motifs is 3. The molecule has 3 heterocycles. The molecule has 0 bridgehead atoms. The first-order valence-electron chi connectivity index (χ1n) is 9.21. The summed E-state index contributed by atoms with van der Waals surface area (Å²) in [6.45, 7) is 0. The topological polar surface area (TPSA) is 60.4 Å². The van der Waals surface area contributed by atoms with Crippen molar-refractivity contribution in [3.8, 4) is 11.3 Å². The molecule has 0 saturated carbocycles. The fourth-order valence-corrected chi connectivity index (χ4v) is 4.81. The summed E-state index contributed by atoms with van der Waals surface area (Å²) in [5.74, 6) is -0.784. The van der Waals surface area contributed by atoms with Gasteiger partial charge in [-0.15, -0.1) is 11.3 Å². The fraction of sp³-hybridized carbons (Fsp3) is 0.190. The van der Waals surface area contributed by atoms with E-state index in [2.05, 4.69) is 10.1 Å². The maximum atomic E-state index is 13.9. The number of aryl methyl sites for hydroxylation is 2. The van der Waals surface area contributed by atoms with Crippen molar-refractivity contribution in [2.24, 2.45) is 5.10 Å². The van der Waals surface area contributed by atoms with Crippen LogP contribution in [0.5, 0.6) is 0 Å². The molecule has 1 aliphatic carbocycles. The molecule has 29 heavy (non-hydrogen) atoms. The second-order valence-electron chi connectivity index (χ2n) is 6.86. The van der Waals surface area contributed by atoms with Crippen LogP contribution in [0.2, 0.25) is 0 Å². The molecule has 0 saturated heterocycles. The van der Waals surface area contributed by atoms with Gasteiger partial charge in [-0.25, -0.2) is 13.8 Å². The Bertz CT molecular complexity index is 1320. The third-order valence-corrected chi connectivity index (χ3v) is 6.19. The summed E-state index contributed by atoms with van der Waals surface area (Å²) in [4.78, 5) is 19.3. The van der Waals surface area contributed by atoms with Crippen molar-refractivity contribution < 1.29 is 13.2 Å². The van der Waals surface area contributed by atoms with Crippen molar-refractivity contribution in [1.29, 1.82) is 0 Å². The summed E-state index contributed by atoms with van der Waals surface area (Å²) in [6.07, 6.45) is 6.87. The van der Waals surface area contributed by atoms with Crippen LogP contribution in [0.3, 0.4) is 0 Å². The summed E-state index contributed by atoms with van der Waals surface area (Å²) in [5, 5.41) is 4.82. The van der Waals surface area contributed by atoms with Crippen molar-refractivity contribution in [2.75, 3.05) is 0 Å². The zero-order chi connectivity index (χ0) is 20.0. The Morgan fingerprint density at radius 2 is 2.03 bits per heavy atom. The lowest BCUT2D eigenvalue weighted by Crippen LogP contribution is -2.17. The van der Waals surface area contributed by atoms with Gasteiger partial charge < -0.3 is 4.42 Å². The molecule has 1 aromatic carbocycles. The van der Waals surface area contributed by atoms with E-state index in [-0.39, 0.29) is 16.9 Å². The van der Waals surface area contributed by atoms with Gasteiger partial charge in [-0.3, -0.25) is 4.79 Å². The second-order valence-corrected chi connectivity index (χ2v) is 7.94. The molecule has 0 amide bonds. The maximum absolute atomic E-state index is 13.9. The lowest BCUT2D eigenvalue weighted by atomic mass is 9.97. The van der Waals surface area contributed by atoms with Crippen molar-refractivity contribution in [3.05, 3.63) is 74.8 Å². The third kappa shape index (κ3) is 3.19. The minimum Gasteiger partial charge on any atom is -0.455 e. The molecule has 146 valence electrons. The zero-order valence-corrected chi connectivity index (χ0v) is 16.0. The second kappa shape index (κ2) is 7.04. The number of thiophene rings is 1. The van der Waals surface area contributed by atoms with Crippen molar-refractivity contribution in [3.63, 3.8) is 0 Å². The Hall–Kier alpha value is -3.13. The van der Waals surface area contributed by atoms with Gasteiger partial charge in [0.2, 0.25) is 0 Å². The van der Waals surface area contributed by atoms with E-state index in [1.165, 1.54) is 28.2 Å². The van der Waals surface area contributed by atoms with E-state index in [1.807, 2.05) is 0 Å². The number of hydrogen-bond donors (Lipinski definition) is 0. The summed E-state index contributed by atoms with van der Waals surface area (Å²) in [7, 11) is 0. The Morgan fingerprint density at radius 1 is 1.17 bits per heavy atom. The summed E-state index contributed by atoms with van der Waals surface area (Å²) in [5.41, 5.74) is 1.04.